The number of fused-ring (bicyclic) bond motifs is 1. The van der Waals surface area contributed by atoms with Crippen LogP contribution < -0.4 is 5.46 Å². The van der Waals surface area contributed by atoms with Crippen LogP contribution in [0.4, 0.5) is 0 Å². The van der Waals surface area contributed by atoms with Gasteiger partial charge in [0.05, 0.1) is 0 Å². The second kappa shape index (κ2) is 12.7. The Morgan fingerprint density at radius 2 is 1.85 bits per heavy atom. The van der Waals surface area contributed by atoms with Crippen LogP contribution in [0.2, 0.25) is 0 Å². The Kier molecular flexibility index (Phi) is 10.9. The van der Waals surface area contributed by atoms with Crippen LogP contribution in [-0.2, 0) is 0 Å². The summed E-state index contributed by atoms with van der Waals surface area (Å²) in [6, 6.07) is 7.12. The lowest BCUT2D eigenvalue weighted by atomic mass is 9.77. The summed E-state index contributed by atoms with van der Waals surface area (Å²) in [6.07, 6.45) is 8.12. The third-order valence-corrected chi connectivity index (χ3v) is 2.61. The second-order valence-corrected chi connectivity index (χ2v) is 4.25. The zero-order chi connectivity index (χ0) is 18.5. The fraction of sp³-hybridized carbons (Fsp3) is 0.0556. The van der Waals surface area contributed by atoms with Gasteiger partial charge in [-0.05, 0) is 63.7 Å². The van der Waals surface area contributed by atoms with E-state index in [0.29, 0.717) is 5.46 Å². The summed E-state index contributed by atoms with van der Waals surface area (Å²) in [5.41, 5.74) is 0.514. The number of aromatic nitrogens is 1. The first-order valence-corrected chi connectivity index (χ1v) is 6.80. The molecule has 0 saturated heterocycles. The van der Waals surface area contributed by atoms with E-state index in [9.17, 15) is 10.1 Å². The quantitative estimate of drug-likeness (QED) is 0.330. The molecule has 0 amide bonds. The number of terminal acetylenes is 1. The predicted molar refractivity (Wildman–Crippen MR) is 101 cm³/mol. The van der Waals surface area contributed by atoms with Crippen LogP contribution in [0.15, 0.2) is 36.7 Å². The molecule has 123 valence electrons. The van der Waals surface area contributed by atoms with E-state index in [1.54, 1.807) is 30.6 Å². The molecule has 8 heteroatoms. The number of hydrogen-bond acceptors (Lipinski definition) is 5. The summed E-state index contributed by atoms with van der Waals surface area (Å²) in [5, 5.41) is 29.6. The minimum Gasteiger partial charge on any atom is -0.423 e. The Morgan fingerprint density at radius 3 is 2.50 bits per heavy atom. The molecule has 2 aromatic rings. The Bertz CT molecular complexity index is 976. The van der Waals surface area contributed by atoms with E-state index >= 15 is 0 Å². The Hall–Kier alpha value is -3.68. The van der Waals surface area contributed by atoms with Crippen molar-refractivity contribution in [2.24, 2.45) is 0 Å². The van der Waals surface area contributed by atoms with Crippen molar-refractivity contribution in [3.63, 3.8) is 0 Å². The number of pyridine rings is 1. The SMILES string of the molecule is C#CC#CC#CC#CC[N+](=O)[O-].OB(O)c1cccc2cnccc12.[B]. The van der Waals surface area contributed by atoms with Crippen LogP contribution in [0.5, 0.6) is 0 Å². The molecule has 2 rings (SSSR count). The van der Waals surface area contributed by atoms with Gasteiger partial charge in [0, 0.05) is 25.7 Å². The Labute approximate surface area is 153 Å². The lowest BCUT2D eigenvalue weighted by molar-refractivity contribution is -0.466. The van der Waals surface area contributed by atoms with Gasteiger partial charge < -0.3 is 10.0 Å². The fourth-order valence-corrected chi connectivity index (χ4v) is 1.65. The van der Waals surface area contributed by atoms with E-state index in [1.807, 2.05) is 6.07 Å². The van der Waals surface area contributed by atoms with Gasteiger partial charge in [0.25, 0.3) is 6.54 Å². The zero-order valence-electron chi connectivity index (χ0n) is 13.5. The van der Waals surface area contributed by atoms with Crippen molar-refractivity contribution in [1.82, 2.24) is 4.98 Å². The average molecular weight is 341 g/mol. The Morgan fingerprint density at radius 1 is 1.15 bits per heavy atom. The zero-order valence-corrected chi connectivity index (χ0v) is 13.5. The molecular formula is C18H11B2N2O4. The first-order chi connectivity index (χ1) is 12.1. The summed E-state index contributed by atoms with van der Waals surface area (Å²) in [4.78, 5) is 13.1. The molecule has 0 spiro atoms. The first-order valence-electron chi connectivity index (χ1n) is 6.80. The maximum absolute atomic E-state index is 9.73. The van der Waals surface area contributed by atoms with E-state index in [0.717, 1.165) is 10.8 Å². The van der Waals surface area contributed by atoms with E-state index in [1.165, 1.54) is 0 Å². The van der Waals surface area contributed by atoms with Crippen molar-refractivity contribution < 1.29 is 15.0 Å². The van der Waals surface area contributed by atoms with Crippen molar-refractivity contribution in [3.8, 4) is 47.9 Å². The molecule has 3 radical (unpaired) electrons. The minimum absolute atomic E-state index is 0. The standard InChI is InChI=1S/C9H8BNO2.C9H3NO2.B/c12-10(13)9-3-1-2-7-6-11-5-4-8(7)9;1-2-3-4-5-6-7-8-9-10(11)12;/h1-6,12-13H;1H,9H2;. The highest BCUT2D eigenvalue weighted by atomic mass is 16.6. The molecule has 6 nitrogen and oxygen atoms in total. The molecule has 2 N–H and O–H groups in total. The smallest absolute Gasteiger partial charge is 0.423 e. The maximum Gasteiger partial charge on any atom is 0.489 e. The van der Waals surface area contributed by atoms with E-state index in [2.05, 4.69) is 46.4 Å². The normalized spacial score (nSPS) is 7.58. The molecule has 0 fully saturated rings. The highest BCUT2D eigenvalue weighted by Crippen LogP contribution is 2.08. The molecule has 1 heterocycles. The van der Waals surface area contributed by atoms with Gasteiger partial charge >= 0.3 is 7.12 Å². The molecular weight excluding hydrogens is 330 g/mol. The molecule has 0 atom stereocenters. The molecule has 1 aromatic heterocycles. The third kappa shape index (κ3) is 8.25. The molecule has 0 unspecified atom stereocenters. The average Bonchev–Trinajstić information content (AvgIpc) is 2.60. The van der Waals surface area contributed by atoms with Gasteiger partial charge in [-0.2, -0.15) is 0 Å². The third-order valence-electron chi connectivity index (χ3n) is 2.61. The van der Waals surface area contributed by atoms with Crippen LogP contribution >= 0.6 is 0 Å². The van der Waals surface area contributed by atoms with E-state index < -0.39 is 18.6 Å². The molecule has 0 aliphatic carbocycles. The predicted octanol–water partition coefficient (Wildman–Crippen LogP) is -0.560. The van der Waals surface area contributed by atoms with Crippen molar-refractivity contribution >= 4 is 31.8 Å². The summed E-state index contributed by atoms with van der Waals surface area (Å²) >= 11 is 0. The first kappa shape index (κ1) is 22.3. The number of hydrogen-bond donors (Lipinski definition) is 2. The van der Waals surface area contributed by atoms with Crippen LogP contribution in [0.1, 0.15) is 0 Å². The van der Waals surface area contributed by atoms with Gasteiger partial charge in [-0.1, -0.05) is 18.2 Å². The van der Waals surface area contributed by atoms with Crippen LogP contribution in [0.25, 0.3) is 10.8 Å². The summed E-state index contributed by atoms with van der Waals surface area (Å²) in [6.45, 7) is -0.406. The van der Waals surface area contributed by atoms with Gasteiger partial charge in [0.15, 0.2) is 0 Å². The lowest BCUT2D eigenvalue weighted by Crippen LogP contribution is -2.30. The largest absolute Gasteiger partial charge is 0.489 e. The van der Waals surface area contributed by atoms with Crippen LogP contribution in [0.3, 0.4) is 0 Å². The van der Waals surface area contributed by atoms with E-state index in [4.69, 9.17) is 16.5 Å². The molecule has 0 aliphatic heterocycles. The van der Waals surface area contributed by atoms with E-state index in [-0.39, 0.29) is 8.41 Å². The topological polar surface area (TPSA) is 96.5 Å². The van der Waals surface area contributed by atoms with Crippen molar-refractivity contribution in [3.05, 3.63) is 46.8 Å². The van der Waals surface area contributed by atoms with Crippen molar-refractivity contribution in [1.29, 1.82) is 0 Å². The molecule has 0 aliphatic rings. The van der Waals surface area contributed by atoms with Gasteiger partial charge in [0.2, 0.25) is 0 Å². The second-order valence-electron chi connectivity index (χ2n) is 4.25. The molecule has 26 heavy (non-hydrogen) atoms. The molecule has 0 saturated carbocycles. The molecule has 1 aromatic carbocycles. The van der Waals surface area contributed by atoms with Gasteiger partial charge in [0.1, 0.15) is 0 Å². The number of nitro groups is 1. The molecule has 0 bridgehead atoms. The van der Waals surface area contributed by atoms with Crippen LogP contribution in [-0.4, -0.2) is 42.0 Å². The van der Waals surface area contributed by atoms with Crippen LogP contribution in [0, 0.1) is 58.0 Å². The fourth-order valence-electron chi connectivity index (χ4n) is 1.65. The summed E-state index contributed by atoms with van der Waals surface area (Å²) < 4.78 is 0. The van der Waals surface area contributed by atoms with Crippen molar-refractivity contribution in [2.75, 3.05) is 6.54 Å². The van der Waals surface area contributed by atoms with Gasteiger partial charge in [-0.25, -0.2) is 0 Å². The number of benzene rings is 1. The van der Waals surface area contributed by atoms with Gasteiger partial charge in [-0.15, -0.1) is 6.42 Å². The minimum atomic E-state index is -1.42. The summed E-state index contributed by atoms with van der Waals surface area (Å²) in [7, 11) is -1.42. The number of nitrogens with zero attached hydrogens (tertiary/aromatic N) is 2. The van der Waals surface area contributed by atoms with Crippen molar-refractivity contribution in [2.45, 2.75) is 0 Å². The lowest BCUT2D eigenvalue weighted by Gasteiger charge is -2.03. The number of rotatable bonds is 2. The highest BCUT2D eigenvalue weighted by Gasteiger charge is 2.13. The summed E-state index contributed by atoms with van der Waals surface area (Å²) in [5.74, 6) is 15.7. The monoisotopic (exact) mass is 341 g/mol. The highest BCUT2D eigenvalue weighted by molar-refractivity contribution is 6.61. The Balaban J connectivity index is 0.000000466. The van der Waals surface area contributed by atoms with Gasteiger partial charge in [-0.3, -0.25) is 15.1 Å². The maximum atomic E-state index is 9.73.